The first-order chi connectivity index (χ1) is 9.20. The average Bonchev–Trinajstić information content (AvgIpc) is 3.13. The first kappa shape index (κ1) is 13.1. The standard InChI is InChI=1S/C13H15BrN4S/c1-8-16-13(18-17-8)19-12-5-2-9(6-11(12)14)7-15-10-3-4-10/h2,5-6,10,15H,3-4,7H2,1H3,(H,16,17,18). The van der Waals surface area contributed by atoms with E-state index < -0.39 is 0 Å². The van der Waals surface area contributed by atoms with Gasteiger partial charge in [0.2, 0.25) is 5.16 Å². The molecule has 0 aliphatic heterocycles. The smallest absolute Gasteiger partial charge is 0.213 e. The minimum atomic E-state index is 0.740. The summed E-state index contributed by atoms with van der Waals surface area (Å²) in [6, 6.07) is 7.17. The molecule has 0 atom stereocenters. The Bertz CT molecular complexity index is 580. The summed E-state index contributed by atoms with van der Waals surface area (Å²) in [6.45, 7) is 2.84. The van der Waals surface area contributed by atoms with Crippen molar-refractivity contribution in [1.82, 2.24) is 20.5 Å². The fraction of sp³-hybridized carbons (Fsp3) is 0.385. The van der Waals surface area contributed by atoms with E-state index in [4.69, 9.17) is 0 Å². The summed E-state index contributed by atoms with van der Waals surface area (Å²) < 4.78 is 1.09. The molecule has 0 saturated heterocycles. The van der Waals surface area contributed by atoms with Gasteiger partial charge in [-0.05, 0) is 65.2 Å². The van der Waals surface area contributed by atoms with Crippen LogP contribution >= 0.6 is 27.7 Å². The lowest BCUT2D eigenvalue weighted by molar-refractivity contribution is 0.687. The minimum Gasteiger partial charge on any atom is -0.310 e. The van der Waals surface area contributed by atoms with E-state index in [1.54, 1.807) is 11.8 Å². The van der Waals surface area contributed by atoms with Gasteiger partial charge in [-0.3, -0.25) is 5.10 Å². The van der Waals surface area contributed by atoms with Crippen LogP contribution in [0.2, 0.25) is 0 Å². The lowest BCUT2D eigenvalue weighted by Crippen LogP contribution is -2.15. The van der Waals surface area contributed by atoms with Crippen LogP contribution in [-0.2, 0) is 6.54 Å². The topological polar surface area (TPSA) is 53.6 Å². The van der Waals surface area contributed by atoms with E-state index in [2.05, 4.69) is 54.6 Å². The number of nitrogens with zero attached hydrogens (tertiary/aromatic N) is 2. The molecule has 2 aromatic rings. The number of hydrogen-bond acceptors (Lipinski definition) is 4. The van der Waals surface area contributed by atoms with Gasteiger partial charge in [-0.25, -0.2) is 4.98 Å². The van der Waals surface area contributed by atoms with E-state index in [1.807, 2.05) is 6.92 Å². The predicted molar refractivity (Wildman–Crippen MR) is 79.2 cm³/mol. The van der Waals surface area contributed by atoms with Crippen molar-refractivity contribution in [2.45, 2.75) is 42.4 Å². The van der Waals surface area contributed by atoms with Crippen molar-refractivity contribution in [2.24, 2.45) is 0 Å². The summed E-state index contributed by atoms with van der Waals surface area (Å²) in [6.07, 6.45) is 2.64. The van der Waals surface area contributed by atoms with Gasteiger partial charge in [0, 0.05) is 22.0 Å². The SMILES string of the molecule is Cc1nc(Sc2ccc(CNC3CC3)cc2Br)n[nH]1. The molecule has 100 valence electrons. The van der Waals surface area contributed by atoms with Crippen molar-refractivity contribution in [3.05, 3.63) is 34.1 Å². The first-order valence-corrected chi connectivity index (χ1v) is 7.90. The van der Waals surface area contributed by atoms with Gasteiger partial charge < -0.3 is 5.32 Å². The number of aromatic nitrogens is 3. The fourth-order valence-electron chi connectivity index (χ4n) is 1.75. The number of benzene rings is 1. The van der Waals surface area contributed by atoms with Crippen LogP contribution in [-0.4, -0.2) is 21.2 Å². The van der Waals surface area contributed by atoms with E-state index in [0.29, 0.717) is 0 Å². The molecule has 3 rings (SSSR count). The molecule has 4 nitrogen and oxygen atoms in total. The third-order valence-electron chi connectivity index (χ3n) is 2.95. The van der Waals surface area contributed by atoms with Crippen molar-refractivity contribution in [1.29, 1.82) is 0 Å². The largest absolute Gasteiger partial charge is 0.310 e. The fourth-order valence-corrected chi connectivity index (χ4v) is 3.18. The highest BCUT2D eigenvalue weighted by molar-refractivity contribution is 9.10. The third-order valence-corrected chi connectivity index (χ3v) is 4.81. The summed E-state index contributed by atoms with van der Waals surface area (Å²) >= 11 is 5.18. The summed E-state index contributed by atoms with van der Waals surface area (Å²) in [5, 5.41) is 11.3. The van der Waals surface area contributed by atoms with Gasteiger partial charge in [-0.1, -0.05) is 6.07 Å². The van der Waals surface area contributed by atoms with Crippen LogP contribution in [0.25, 0.3) is 0 Å². The van der Waals surface area contributed by atoms with Gasteiger partial charge >= 0.3 is 0 Å². The van der Waals surface area contributed by atoms with Gasteiger partial charge in [0.15, 0.2) is 0 Å². The van der Waals surface area contributed by atoms with Crippen LogP contribution in [0.4, 0.5) is 0 Å². The molecule has 1 aromatic heterocycles. The number of hydrogen-bond donors (Lipinski definition) is 2. The molecular weight excluding hydrogens is 324 g/mol. The van der Waals surface area contributed by atoms with Crippen molar-refractivity contribution in [2.75, 3.05) is 0 Å². The number of halogens is 1. The molecule has 1 aliphatic rings. The Labute approximate surface area is 124 Å². The molecule has 0 bridgehead atoms. The molecule has 1 aliphatic carbocycles. The monoisotopic (exact) mass is 338 g/mol. The summed E-state index contributed by atoms with van der Waals surface area (Å²) in [5.74, 6) is 0.837. The van der Waals surface area contributed by atoms with Crippen LogP contribution in [0.1, 0.15) is 24.2 Å². The van der Waals surface area contributed by atoms with E-state index in [-0.39, 0.29) is 0 Å². The highest BCUT2D eigenvalue weighted by Gasteiger charge is 2.20. The maximum atomic E-state index is 4.30. The lowest BCUT2D eigenvalue weighted by Gasteiger charge is -2.06. The zero-order chi connectivity index (χ0) is 13.2. The van der Waals surface area contributed by atoms with E-state index >= 15 is 0 Å². The Morgan fingerprint density at radius 1 is 1.47 bits per heavy atom. The predicted octanol–water partition coefficient (Wildman–Crippen LogP) is 3.28. The number of aromatic amines is 1. The normalized spacial score (nSPS) is 14.8. The summed E-state index contributed by atoms with van der Waals surface area (Å²) in [4.78, 5) is 5.43. The number of nitrogens with one attached hydrogen (secondary N) is 2. The van der Waals surface area contributed by atoms with Crippen molar-refractivity contribution in [3.63, 3.8) is 0 Å². The molecule has 0 amide bonds. The zero-order valence-electron chi connectivity index (χ0n) is 10.6. The Balaban J connectivity index is 1.67. The molecule has 1 aromatic carbocycles. The highest BCUT2D eigenvalue weighted by Crippen LogP contribution is 2.32. The molecule has 6 heteroatoms. The molecule has 1 heterocycles. The number of H-pyrrole nitrogens is 1. The molecule has 0 radical (unpaired) electrons. The Morgan fingerprint density at radius 3 is 2.95 bits per heavy atom. The van der Waals surface area contributed by atoms with Gasteiger partial charge in [0.25, 0.3) is 0 Å². The average molecular weight is 339 g/mol. The minimum absolute atomic E-state index is 0.740. The van der Waals surface area contributed by atoms with Crippen molar-refractivity contribution >= 4 is 27.7 Å². The third kappa shape index (κ3) is 3.58. The van der Waals surface area contributed by atoms with E-state index in [9.17, 15) is 0 Å². The van der Waals surface area contributed by atoms with Crippen molar-refractivity contribution in [3.8, 4) is 0 Å². The summed E-state index contributed by atoms with van der Waals surface area (Å²) in [5.41, 5.74) is 1.30. The molecule has 0 spiro atoms. The molecular formula is C13H15BrN4S. The van der Waals surface area contributed by atoms with Crippen LogP contribution < -0.4 is 5.32 Å². The number of aryl methyl sites for hydroxylation is 1. The van der Waals surface area contributed by atoms with Crippen LogP contribution in [0, 0.1) is 6.92 Å². The molecule has 1 saturated carbocycles. The van der Waals surface area contributed by atoms with Gasteiger partial charge in [-0.2, -0.15) is 0 Å². The Kier molecular flexibility index (Phi) is 3.91. The first-order valence-electron chi connectivity index (χ1n) is 6.29. The Hall–Kier alpha value is -0.850. The molecule has 2 N–H and O–H groups in total. The zero-order valence-corrected chi connectivity index (χ0v) is 13.0. The van der Waals surface area contributed by atoms with Crippen LogP contribution in [0.15, 0.2) is 32.7 Å². The number of rotatable bonds is 5. The quantitative estimate of drug-likeness (QED) is 0.878. The van der Waals surface area contributed by atoms with Gasteiger partial charge in [0.1, 0.15) is 5.82 Å². The van der Waals surface area contributed by atoms with Crippen molar-refractivity contribution < 1.29 is 0 Å². The second-order valence-electron chi connectivity index (χ2n) is 4.73. The van der Waals surface area contributed by atoms with Gasteiger partial charge in [0.05, 0.1) is 0 Å². The second-order valence-corrected chi connectivity index (χ2v) is 6.59. The van der Waals surface area contributed by atoms with Gasteiger partial charge in [-0.15, -0.1) is 5.10 Å². The van der Waals surface area contributed by atoms with Crippen LogP contribution in [0.3, 0.4) is 0 Å². The highest BCUT2D eigenvalue weighted by atomic mass is 79.9. The van der Waals surface area contributed by atoms with Crippen LogP contribution in [0.5, 0.6) is 0 Å². The van der Waals surface area contributed by atoms with E-state index in [0.717, 1.165) is 32.9 Å². The second kappa shape index (κ2) is 5.64. The maximum absolute atomic E-state index is 4.30. The lowest BCUT2D eigenvalue weighted by atomic mass is 10.2. The maximum Gasteiger partial charge on any atom is 0.213 e. The summed E-state index contributed by atoms with van der Waals surface area (Å²) in [7, 11) is 0. The Morgan fingerprint density at radius 2 is 2.32 bits per heavy atom. The molecule has 0 unspecified atom stereocenters. The van der Waals surface area contributed by atoms with E-state index in [1.165, 1.54) is 18.4 Å². The molecule has 1 fully saturated rings. The molecule has 19 heavy (non-hydrogen) atoms.